The summed E-state index contributed by atoms with van der Waals surface area (Å²) in [4.78, 5) is 31.0. The van der Waals surface area contributed by atoms with E-state index in [0.29, 0.717) is 11.5 Å². The second-order valence-electron chi connectivity index (χ2n) is 4.12. The third-order valence-electron chi connectivity index (χ3n) is 2.80. The van der Waals surface area contributed by atoms with Gasteiger partial charge in [-0.3, -0.25) is 4.79 Å². The number of aromatic nitrogens is 4. The maximum Gasteiger partial charge on any atom is 0.326 e. The molecular formula is C12H13N5O3. The Labute approximate surface area is 114 Å². The summed E-state index contributed by atoms with van der Waals surface area (Å²) < 4.78 is 1.41. The van der Waals surface area contributed by atoms with Crippen LogP contribution < -0.4 is 5.32 Å². The van der Waals surface area contributed by atoms with Crippen LogP contribution in [0.1, 0.15) is 22.5 Å². The largest absolute Gasteiger partial charge is 0.480 e. The maximum atomic E-state index is 12.1. The number of nitrogens with one attached hydrogen (secondary N) is 1. The number of fused-ring (bicyclic) bond motifs is 1. The second-order valence-corrected chi connectivity index (χ2v) is 4.12. The average molecular weight is 275 g/mol. The van der Waals surface area contributed by atoms with Crippen LogP contribution in [0.25, 0.3) is 5.78 Å². The van der Waals surface area contributed by atoms with Gasteiger partial charge in [0.05, 0.1) is 11.3 Å². The highest BCUT2D eigenvalue weighted by Gasteiger charge is 2.21. The van der Waals surface area contributed by atoms with Gasteiger partial charge in [-0.1, -0.05) is 6.08 Å². The van der Waals surface area contributed by atoms with Crippen LogP contribution in [-0.4, -0.2) is 42.6 Å². The monoisotopic (exact) mass is 275 g/mol. The van der Waals surface area contributed by atoms with E-state index in [-0.39, 0.29) is 12.0 Å². The summed E-state index contributed by atoms with van der Waals surface area (Å²) in [6.45, 7) is 5.15. The van der Waals surface area contributed by atoms with Gasteiger partial charge in [0.25, 0.3) is 11.7 Å². The number of aryl methyl sites for hydroxylation is 1. The molecule has 2 aromatic rings. The maximum absolute atomic E-state index is 12.1. The van der Waals surface area contributed by atoms with Crippen LogP contribution in [0.15, 0.2) is 25.2 Å². The SMILES string of the molecule is C=CCC(NC(=O)c1cnc2ncnn2c1C)C(=O)O. The molecule has 2 N–H and O–H groups in total. The van der Waals surface area contributed by atoms with Gasteiger partial charge in [0.2, 0.25) is 0 Å². The molecule has 1 amide bonds. The van der Waals surface area contributed by atoms with E-state index in [1.54, 1.807) is 6.92 Å². The smallest absolute Gasteiger partial charge is 0.326 e. The quantitative estimate of drug-likeness (QED) is 0.754. The molecule has 0 fully saturated rings. The van der Waals surface area contributed by atoms with Gasteiger partial charge >= 0.3 is 5.97 Å². The molecule has 2 rings (SSSR count). The highest BCUT2D eigenvalue weighted by Crippen LogP contribution is 2.08. The highest BCUT2D eigenvalue weighted by molar-refractivity contribution is 5.97. The van der Waals surface area contributed by atoms with Gasteiger partial charge in [0.1, 0.15) is 12.4 Å². The first-order chi connectivity index (χ1) is 9.54. The Kier molecular flexibility index (Phi) is 3.74. The Morgan fingerprint density at radius 3 is 2.95 bits per heavy atom. The van der Waals surface area contributed by atoms with Crippen molar-refractivity contribution < 1.29 is 14.7 Å². The van der Waals surface area contributed by atoms with Crippen molar-refractivity contribution in [3.8, 4) is 0 Å². The predicted octanol–water partition coefficient (Wildman–Crippen LogP) is 0.192. The minimum atomic E-state index is -1.12. The first-order valence-electron chi connectivity index (χ1n) is 5.84. The second kappa shape index (κ2) is 5.47. The van der Waals surface area contributed by atoms with E-state index in [9.17, 15) is 9.59 Å². The van der Waals surface area contributed by atoms with Crippen LogP contribution in [0.4, 0.5) is 0 Å². The number of aliphatic carboxylic acids is 1. The lowest BCUT2D eigenvalue weighted by atomic mass is 10.1. The van der Waals surface area contributed by atoms with Crippen LogP contribution in [0.5, 0.6) is 0 Å². The molecule has 0 bridgehead atoms. The van der Waals surface area contributed by atoms with Crippen LogP contribution in [0.3, 0.4) is 0 Å². The van der Waals surface area contributed by atoms with Crippen molar-refractivity contribution in [2.45, 2.75) is 19.4 Å². The lowest BCUT2D eigenvalue weighted by Crippen LogP contribution is -2.40. The molecule has 0 saturated heterocycles. The molecule has 0 aliphatic carbocycles. The van der Waals surface area contributed by atoms with Gasteiger partial charge in [-0.25, -0.2) is 14.3 Å². The van der Waals surface area contributed by atoms with Crippen LogP contribution in [-0.2, 0) is 4.79 Å². The predicted molar refractivity (Wildman–Crippen MR) is 69.2 cm³/mol. The number of amides is 1. The molecule has 0 saturated carbocycles. The molecule has 8 nitrogen and oxygen atoms in total. The summed E-state index contributed by atoms with van der Waals surface area (Å²) in [5.74, 6) is -1.27. The van der Waals surface area contributed by atoms with Crippen molar-refractivity contribution in [1.82, 2.24) is 24.9 Å². The van der Waals surface area contributed by atoms with Crippen molar-refractivity contribution in [2.75, 3.05) is 0 Å². The van der Waals surface area contributed by atoms with Crippen molar-refractivity contribution in [3.05, 3.63) is 36.4 Å². The van der Waals surface area contributed by atoms with E-state index >= 15 is 0 Å². The number of hydrogen-bond acceptors (Lipinski definition) is 5. The van der Waals surface area contributed by atoms with Crippen molar-refractivity contribution in [3.63, 3.8) is 0 Å². The fourth-order valence-corrected chi connectivity index (χ4v) is 1.74. The molecule has 20 heavy (non-hydrogen) atoms. The highest BCUT2D eigenvalue weighted by atomic mass is 16.4. The summed E-state index contributed by atoms with van der Waals surface area (Å²) in [5.41, 5.74) is 0.783. The Hall–Kier alpha value is -2.77. The zero-order chi connectivity index (χ0) is 14.7. The van der Waals surface area contributed by atoms with E-state index in [1.807, 2.05) is 0 Å². The lowest BCUT2D eigenvalue weighted by Gasteiger charge is -2.13. The average Bonchev–Trinajstić information content (AvgIpc) is 2.87. The molecule has 8 heteroatoms. The third kappa shape index (κ3) is 2.48. The summed E-state index contributed by atoms with van der Waals surface area (Å²) in [5, 5.41) is 15.4. The van der Waals surface area contributed by atoms with Gasteiger partial charge < -0.3 is 10.4 Å². The molecule has 2 heterocycles. The molecule has 2 aromatic heterocycles. The summed E-state index contributed by atoms with van der Waals surface area (Å²) in [6, 6.07) is -1.02. The zero-order valence-corrected chi connectivity index (χ0v) is 10.8. The lowest BCUT2D eigenvalue weighted by molar-refractivity contribution is -0.139. The molecule has 104 valence electrons. The Balaban J connectivity index is 2.28. The number of carboxylic acids is 1. The van der Waals surface area contributed by atoms with E-state index in [0.717, 1.165) is 0 Å². The normalized spacial score (nSPS) is 12.1. The summed E-state index contributed by atoms with van der Waals surface area (Å²) in [7, 11) is 0. The number of rotatable bonds is 5. The Morgan fingerprint density at radius 2 is 2.30 bits per heavy atom. The van der Waals surface area contributed by atoms with Crippen molar-refractivity contribution in [2.24, 2.45) is 0 Å². The Morgan fingerprint density at radius 1 is 1.55 bits per heavy atom. The first kappa shape index (κ1) is 13.7. The minimum Gasteiger partial charge on any atom is -0.480 e. The van der Waals surface area contributed by atoms with E-state index in [1.165, 1.54) is 23.1 Å². The first-order valence-corrected chi connectivity index (χ1v) is 5.84. The molecule has 1 unspecified atom stereocenters. The van der Waals surface area contributed by atoms with Crippen molar-refractivity contribution in [1.29, 1.82) is 0 Å². The van der Waals surface area contributed by atoms with Gasteiger partial charge in [0.15, 0.2) is 0 Å². The summed E-state index contributed by atoms with van der Waals surface area (Å²) in [6.07, 6.45) is 4.25. The van der Waals surface area contributed by atoms with E-state index < -0.39 is 17.9 Å². The minimum absolute atomic E-state index is 0.138. The third-order valence-corrected chi connectivity index (χ3v) is 2.80. The number of carbonyl (C=O) groups is 2. The van der Waals surface area contributed by atoms with Gasteiger partial charge in [-0.2, -0.15) is 10.1 Å². The fraction of sp³-hybridized carbons (Fsp3) is 0.250. The van der Waals surface area contributed by atoms with Gasteiger partial charge in [-0.15, -0.1) is 6.58 Å². The zero-order valence-electron chi connectivity index (χ0n) is 10.8. The number of carboxylic acid groups (broad SMARTS) is 1. The standard InChI is InChI=1S/C12H13N5O3/c1-3-4-9(11(19)20)16-10(18)8-5-13-12-14-6-15-17(12)7(8)2/h3,5-6,9H,1,4H2,2H3,(H,16,18)(H,19,20). The number of nitrogens with zero attached hydrogens (tertiary/aromatic N) is 4. The topological polar surface area (TPSA) is 109 Å². The van der Waals surface area contributed by atoms with Gasteiger partial charge in [0, 0.05) is 6.20 Å². The summed E-state index contributed by atoms with van der Waals surface area (Å²) >= 11 is 0. The Bertz CT molecular complexity index is 679. The van der Waals surface area contributed by atoms with E-state index in [2.05, 4.69) is 27.0 Å². The van der Waals surface area contributed by atoms with E-state index in [4.69, 9.17) is 5.11 Å². The van der Waals surface area contributed by atoms with Crippen molar-refractivity contribution >= 4 is 17.7 Å². The number of carbonyl (C=O) groups excluding carboxylic acids is 1. The van der Waals surface area contributed by atoms with Crippen LogP contribution in [0, 0.1) is 6.92 Å². The number of hydrogen-bond donors (Lipinski definition) is 2. The molecule has 0 aliphatic heterocycles. The van der Waals surface area contributed by atoms with Crippen LogP contribution >= 0.6 is 0 Å². The molecule has 0 spiro atoms. The fourth-order valence-electron chi connectivity index (χ4n) is 1.74. The molecular weight excluding hydrogens is 262 g/mol. The molecule has 0 aliphatic rings. The molecule has 0 radical (unpaired) electrons. The molecule has 1 atom stereocenters. The molecule has 0 aromatic carbocycles. The van der Waals surface area contributed by atoms with Gasteiger partial charge in [-0.05, 0) is 13.3 Å². The van der Waals surface area contributed by atoms with Crippen LogP contribution in [0.2, 0.25) is 0 Å².